The SMILES string of the molecule is Cc1cc(C(=O)Nc2ccc(N3CCCC3)nc2C)ccc1N(C)C. The molecule has 1 fully saturated rings. The Hall–Kier alpha value is -2.56. The van der Waals surface area contributed by atoms with Gasteiger partial charge >= 0.3 is 0 Å². The molecular formula is C20H26N4O. The first-order chi connectivity index (χ1) is 12.0. The minimum Gasteiger partial charge on any atom is -0.377 e. The molecule has 2 heterocycles. The summed E-state index contributed by atoms with van der Waals surface area (Å²) < 4.78 is 0. The van der Waals surface area contributed by atoms with Crippen molar-refractivity contribution in [1.82, 2.24) is 4.98 Å². The highest BCUT2D eigenvalue weighted by molar-refractivity contribution is 6.05. The lowest BCUT2D eigenvalue weighted by molar-refractivity contribution is 0.102. The van der Waals surface area contributed by atoms with Gasteiger partial charge in [-0.1, -0.05) is 0 Å². The zero-order valence-electron chi connectivity index (χ0n) is 15.5. The van der Waals surface area contributed by atoms with Gasteiger partial charge in [0.05, 0.1) is 11.4 Å². The van der Waals surface area contributed by atoms with Crippen LogP contribution in [0, 0.1) is 13.8 Å². The van der Waals surface area contributed by atoms with Crippen LogP contribution in [0.2, 0.25) is 0 Å². The van der Waals surface area contributed by atoms with Gasteiger partial charge in [-0.05, 0) is 62.6 Å². The molecule has 0 saturated carbocycles. The number of benzene rings is 1. The van der Waals surface area contributed by atoms with E-state index in [9.17, 15) is 4.79 Å². The van der Waals surface area contributed by atoms with Crippen molar-refractivity contribution in [3.05, 3.63) is 47.2 Å². The van der Waals surface area contributed by atoms with Crippen LogP contribution in [0.1, 0.15) is 34.5 Å². The van der Waals surface area contributed by atoms with Crippen molar-refractivity contribution in [1.29, 1.82) is 0 Å². The minimum atomic E-state index is -0.104. The molecular weight excluding hydrogens is 312 g/mol. The Morgan fingerprint density at radius 2 is 1.84 bits per heavy atom. The Bertz CT molecular complexity index is 779. The number of hydrogen-bond donors (Lipinski definition) is 1. The van der Waals surface area contributed by atoms with E-state index in [0.29, 0.717) is 5.56 Å². The van der Waals surface area contributed by atoms with Crippen LogP contribution >= 0.6 is 0 Å². The van der Waals surface area contributed by atoms with Gasteiger partial charge in [0.25, 0.3) is 5.91 Å². The number of nitrogens with zero attached hydrogens (tertiary/aromatic N) is 3. The van der Waals surface area contributed by atoms with Gasteiger partial charge in [-0.25, -0.2) is 4.98 Å². The fraction of sp³-hybridized carbons (Fsp3) is 0.400. The van der Waals surface area contributed by atoms with Gasteiger partial charge in [0.2, 0.25) is 0 Å². The molecule has 1 aliphatic heterocycles. The third-order valence-corrected chi connectivity index (χ3v) is 4.69. The van der Waals surface area contributed by atoms with Crippen LogP contribution in [-0.2, 0) is 0 Å². The maximum atomic E-state index is 12.6. The second-order valence-electron chi connectivity index (χ2n) is 6.85. The predicted molar refractivity (Wildman–Crippen MR) is 104 cm³/mol. The lowest BCUT2D eigenvalue weighted by Crippen LogP contribution is -2.20. The van der Waals surface area contributed by atoms with E-state index in [-0.39, 0.29) is 5.91 Å². The van der Waals surface area contributed by atoms with Gasteiger partial charge in [-0.15, -0.1) is 0 Å². The summed E-state index contributed by atoms with van der Waals surface area (Å²) in [5.74, 6) is 0.895. The van der Waals surface area contributed by atoms with Crippen molar-refractivity contribution in [3.63, 3.8) is 0 Å². The lowest BCUT2D eigenvalue weighted by atomic mass is 10.1. The molecule has 25 heavy (non-hydrogen) atoms. The van der Waals surface area contributed by atoms with Gasteiger partial charge in [0.15, 0.2) is 0 Å². The summed E-state index contributed by atoms with van der Waals surface area (Å²) in [5.41, 5.74) is 4.47. The van der Waals surface area contributed by atoms with Crippen molar-refractivity contribution in [2.45, 2.75) is 26.7 Å². The van der Waals surface area contributed by atoms with E-state index in [1.54, 1.807) is 0 Å². The zero-order valence-corrected chi connectivity index (χ0v) is 15.5. The Kier molecular flexibility index (Phi) is 4.93. The van der Waals surface area contributed by atoms with Crippen molar-refractivity contribution >= 4 is 23.1 Å². The van der Waals surface area contributed by atoms with Crippen LogP contribution in [0.5, 0.6) is 0 Å². The lowest BCUT2D eigenvalue weighted by Gasteiger charge is -2.18. The molecule has 1 N–H and O–H groups in total. The maximum absolute atomic E-state index is 12.6. The Labute approximate surface area is 149 Å². The summed E-state index contributed by atoms with van der Waals surface area (Å²) >= 11 is 0. The van der Waals surface area contributed by atoms with E-state index in [1.807, 2.05) is 63.2 Å². The smallest absolute Gasteiger partial charge is 0.255 e. The molecule has 0 spiro atoms. The predicted octanol–water partition coefficient (Wildman–Crippen LogP) is 3.62. The zero-order chi connectivity index (χ0) is 18.0. The third-order valence-electron chi connectivity index (χ3n) is 4.69. The summed E-state index contributed by atoms with van der Waals surface area (Å²) in [6.07, 6.45) is 2.45. The normalized spacial score (nSPS) is 13.8. The molecule has 1 aromatic carbocycles. The quantitative estimate of drug-likeness (QED) is 0.925. The van der Waals surface area contributed by atoms with Crippen LogP contribution in [0.3, 0.4) is 0 Å². The molecule has 0 aliphatic carbocycles. The largest absolute Gasteiger partial charge is 0.377 e. The number of nitrogens with one attached hydrogen (secondary N) is 1. The van der Waals surface area contributed by atoms with Crippen molar-refractivity contribution in [2.24, 2.45) is 0 Å². The summed E-state index contributed by atoms with van der Waals surface area (Å²) in [6.45, 7) is 6.09. The average molecular weight is 338 g/mol. The molecule has 0 atom stereocenters. The second kappa shape index (κ2) is 7.13. The number of anilines is 3. The highest BCUT2D eigenvalue weighted by atomic mass is 16.1. The van der Waals surface area contributed by atoms with Crippen LogP contribution < -0.4 is 15.1 Å². The molecule has 132 valence electrons. The van der Waals surface area contributed by atoms with Gasteiger partial charge in [0.1, 0.15) is 5.82 Å². The summed E-state index contributed by atoms with van der Waals surface area (Å²) in [6, 6.07) is 9.71. The maximum Gasteiger partial charge on any atom is 0.255 e. The van der Waals surface area contributed by atoms with E-state index in [0.717, 1.165) is 41.5 Å². The summed E-state index contributed by atoms with van der Waals surface area (Å²) in [5, 5.41) is 2.99. The van der Waals surface area contributed by atoms with Crippen LogP contribution in [0.4, 0.5) is 17.2 Å². The molecule has 0 radical (unpaired) electrons. The van der Waals surface area contributed by atoms with E-state index < -0.39 is 0 Å². The van der Waals surface area contributed by atoms with Gasteiger partial charge in [0, 0.05) is 38.4 Å². The Morgan fingerprint density at radius 1 is 1.12 bits per heavy atom. The number of pyridine rings is 1. The number of aromatic nitrogens is 1. The van der Waals surface area contributed by atoms with Crippen LogP contribution in [0.15, 0.2) is 30.3 Å². The van der Waals surface area contributed by atoms with Gasteiger partial charge in [-0.2, -0.15) is 0 Å². The molecule has 5 nitrogen and oxygen atoms in total. The van der Waals surface area contributed by atoms with E-state index in [2.05, 4.69) is 15.2 Å². The monoisotopic (exact) mass is 338 g/mol. The van der Waals surface area contributed by atoms with E-state index >= 15 is 0 Å². The fourth-order valence-electron chi connectivity index (χ4n) is 3.30. The highest BCUT2D eigenvalue weighted by Crippen LogP contribution is 2.23. The number of carbonyl (C=O) groups is 1. The molecule has 5 heteroatoms. The first-order valence-corrected chi connectivity index (χ1v) is 8.77. The van der Waals surface area contributed by atoms with Crippen molar-refractivity contribution < 1.29 is 4.79 Å². The fourth-order valence-corrected chi connectivity index (χ4v) is 3.30. The molecule has 0 unspecified atom stereocenters. The first-order valence-electron chi connectivity index (χ1n) is 8.77. The summed E-state index contributed by atoms with van der Waals surface area (Å²) in [4.78, 5) is 21.6. The topological polar surface area (TPSA) is 48.5 Å². The van der Waals surface area contributed by atoms with Crippen molar-refractivity contribution in [3.8, 4) is 0 Å². The highest BCUT2D eigenvalue weighted by Gasteiger charge is 2.15. The minimum absolute atomic E-state index is 0.104. The first kappa shape index (κ1) is 17.3. The van der Waals surface area contributed by atoms with Gasteiger partial charge in [-0.3, -0.25) is 4.79 Å². The van der Waals surface area contributed by atoms with Crippen LogP contribution in [0.25, 0.3) is 0 Å². The van der Waals surface area contributed by atoms with E-state index in [1.165, 1.54) is 12.8 Å². The van der Waals surface area contributed by atoms with E-state index in [4.69, 9.17) is 0 Å². The standard InChI is InChI=1S/C20H26N4O/c1-14-13-16(7-9-18(14)23(3)4)20(25)22-17-8-10-19(21-15(17)2)24-11-5-6-12-24/h7-10,13H,5-6,11-12H2,1-4H3,(H,22,25). The Morgan fingerprint density at radius 3 is 2.44 bits per heavy atom. The molecule has 0 bridgehead atoms. The number of amides is 1. The molecule has 1 aliphatic rings. The van der Waals surface area contributed by atoms with Crippen molar-refractivity contribution in [2.75, 3.05) is 42.3 Å². The number of rotatable bonds is 4. The third kappa shape index (κ3) is 3.76. The molecule has 1 aromatic heterocycles. The van der Waals surface area contributed by atoms with Gasteiger partial charge < -0.3 is 15.1 Å². The number of aryl methyl sites for hydroxylation is 2. The molecule has 2 aromatic rings. The average Bonchev–Trinajstić information content (AvgIpc) is 3.10. The number of hydrogen-bond acceptors (Lipinski definition) is 4. The molecule has 1 saturated heterocycles. The number of carbonyl (C=O) groups excluding carboxylic acids is 1. The molecule has 1 amide bonds. The second-order valence-corrected chi connectivity index (χ2v) is 6.85. The van der Waals surface area contributed by atoms with Crippen LogP contribution in [-0.4, -0.2) is 38.1 Å². The molecule has 3 rings (SSSR count). The summed E-state index contributed by atoms with van der Waals surface area (Å²) in [7, 11) is 4.00. The Balaban J connectivity index is 1.75.